The van der Waals surface area contributed by atoms with E-state index in [-0.39, 0.29) is 31.9 Å². The normalized spacial score (nSPS) is 10.3. The van der Waals surface area contributed by atoms with Crippen molar-refractivity contribution in [3.8, 4) is 0 Å². The maximum absolute atomic E-state index is 11.5. The molecule has 9 heteroatoms. The first kappa shape index (κ1) is 14.0. The fourth-order valence-corrected chi connectivity index (χ4v) is 1.26. The number of carbonyl (C=O) groups is 2. The van der Waals surface area contributed by atoms with Crippen LogP contribution in [0.4, 0.5) is 0 Å². The number of nitrogens with zero attached hydrogens (tertiary/aromatic N) is 4. The van der Waals surface area contributed by atoms with E-state index in [4.69, 9.17) is 10.2 Å². The number of rotatable bonds is 8. The van der Waals surface area contributed by atoms with Crippen molar-refractivity contribution in [3.05, 3.63) is 5.82 Å². The average Bonchev–Trinajstić information content (AvgIpc) is 2.73. The van der Waals surface area contributed by atoms with Crippen molar-refractivity contribution in [3.63, 3.8) is 0 Å². The van der Waals surface area contributed by atoms with Crippen molar-refractivity contribution >= 4 is 11.9 Å². The standard InChI is InChI=1S/C9H15N5O4/c15-5-1-4-14-7(11-12-13-14)6-8(16)10-3-2-9(17)18/h15H,1-6H2,(H,10,16)(H,17,18). The number of hydrogen-bond acceptors (Lipinski definition) is 6. The molecule has 0 unspecified atom stereocenters. The molecular weight excluding hydrogens is 242 g/mol. The number of carboxylic acid groups (broad SMARTS) is 1. The van der Waals surface area contributed by atoms with E-state index < -0.39 is 5.97 Å². The van der Waals surface area contributed by atoms with E-state index in [9.17, 15) is 9.59 Å². The average molecular weight is 257 g/mol. The summed E-state index contributed by atoms with van der Waals surface area (Å²) in [5, 5.41) is 30.4. The monoisotopic (exact) mass is 257 g/mol. The molecule has 0 aliphatic rings. The highest BCUT2D eigenvalue weighted by Gasteiger charge is 2.11. The molecule has 100 valence electrons. The van der Waals surface area contributed by atoms with Crippen LogP contribution in [-0.2, 0) is 22.6 Å². The number of carboxylic acids is 1. The summed E-state index contributed by atoms with van der Waals surface area (Å²) in [4.78, 5) is 21.7. The van der Waals surface area contributed by atoms with E-state index in [1.807, 2.05) is 0 Å². The highest BCUT2D eigenvalue weighted by atomic mass is 16.4. The van der Waals surface area contributed by atoms with Gasteiger partial charge in [-0.2, -0.15) is 0 Å². The number of tetrazole rings is 1. The minimum atomic E-state index is -0.969. The summed E-state index contributed by atoms with van der Waals surface area (Å²) < 4.78 is 1.44. The Labute approximate surface area is 103 Å². The van der Waals surface area contributed by atoms with Crippen molar-refractivity contribution < 1.29 is 19.8 Å². The molecule has 0 bridgehead atoms. The minimum Gasteiger partial charge on any atom is -0.481 e. The van der Waals surface area contributed by atoms with Crippen molar-refractivity contribution in [1.29, 1.82) is 0 Å². The topological polar surface area (TPSA) is 130 Å². The molecule has 0 spiro atoms. The summed E-state index contributed by atoms with van der Waals surface area (Å²) in [5.74, 6) is -0.921. The van der Waals surface area contributed by atoms with Gasteiger partial charge in [0.15, 0.2) is 5.82 Å². The summed E-state index contributed by atoms with van der Waals surface area (Å²) in [7, 11) is 0. The van der Waals surface area contributed by atoms with Crippen LogP contribution in [0.25, 0.3) is 0 Å². The van der Waals surface area contributed by atoms with Crippen LogP contribution >= 0.6 is 0 Å². The summed E-state index contributed by atoms with van der Waals surface area (Å²) in [6.45, 7) is 0.526. The summed E-state index contributed by atoms with van der Waals surface area (Å²) in [5.41, 5.74) is 0. The molecule has 0 atom stereocenters. The number of nitrogens with one attached hydrogen (secondary N) is 1. The fourth-order valence-electron chi connectivity index (χ4n) is 1.26. The van der Waals surface area contributed by atoms with Gasteiger partial charge in [0.25, 0.3) is 0 Å². The lowest BCUT2D eigenvalue weighted by Crippen LogP contribution is -2.28. The summed E-state index contributed by atoms with van der Waals surface area (Å²) >= 11 is 0. The van der Waals surface area contributed by atoms with Gasteiger partial charge >= 0.3 is 5.97 Å². The predicted octanol–water partition coefficient (Wildman–Crippen LogP) is -1.81. The van der Waals surface area contributed by atoms with Crippen LogP contribution in [0.15, 0.2) is 0 Å². The molecule has 3 N–H and O–H groups in total. The number of aliphatic hydroxyl groups excluding tert-OH is 1. The van der Waals surface area contributed by atoms with Gasteiger partial charge in [0.1, 0.15) is 0 Å². The Kier molecular flexibility index (Phi) is 5.71. The van der Waals surface area contributed by atoms with Gasteiger partial charge in [-0.25, -0.2) is 4.68 Å². The SMILES string of the molecule is O=C(O)CCNC(=O)Cc1nnnn1CCCO. The van der Waals surface area contributed by atoms with Crippen LogP contribution in [0, 0.1) is 0 Å². The Balaban J connectivity index is 2.39. The molecule has 1 heterocycles. The van der Waals surface area contributed by atoms with Crippen LogP contribution < -0.4 is 5.32 Å². The van der Waals surface area contributed by atoms with E-state index in [1.165, 1.54) is 4.68 Å². The Morgan fingerprint density at radius 2 is 2.17 bits per heavy atom. The molecule has 1 aromatic heterocycles. The van der Waals surface area contributed by atoms with Crippen LogP contribution in [0.1, 0.15) is 18.7 Å². The maximum Gasteiger partial charge on any atom is 0.305 e. The van der Waals surface area contributed by atoms with Gasteiger partial charge in [-0.15, -0.1) is 5.10 Å². The molecule has 0 aliphatic carbocycles. The lowest BCUT2D eigenvalue weighted by atomic mass is 10.3. The quantitative estimate of drug-likeness (QED) is 0.500. The van der Waals surface area contributed by atoms with Crippen molar-refractivity contribution in [2.45, 2.75) is 25.8 Å². The van der Waals surface area contributed by atoms with Gasteiger partial charge in [-0.05, 0) is 16.8 Å². The molecule has 0 fully saturated rings. The summed E-state index contributed by atoms with van der Waals surface area (Å²) in [6, 6.07) is 0. The van der Waals surface area contributed by atoms with Gasteiger partial charge in [0, 0.05) is 19.7 Å². The third-order valence-corrected chi connectivity index (χ3v) is 2.11. The Bertz CT molecular complexity index is 405. The number of carbonyl (C=O) groups excluding carboxylic acids is 1. The number of hydrogen-bond donors (Lipinski definition) is 3. The van der Waals surface area contributed by atoms with Gasteiger partial charge < -0.3 is 15.5 Å². The van der Waals surface area contributed by atoms with Crippen LogP contribution in [-0.4, -0.2) is 55.4 Å². The van der Waals surface area contributed by atoms with Gasteiger partial charge in [0.2, 0.25) is 5.91 Å². The number of aromatic nitrogens is 4. The molecule has 0 radical (unpaired) electrons. The summed E-state index contributed by atoms with van der Waals surface area (Å²) in [6.07, 6.45) is 0.359. The fraction of sp³-hybridized carbons (Fsp3) is 0.667. The third-order valence-electron chi connectivity index (χ3n) is 2.11. The molecule has 0 saturated heterocycles. The van der Waals surface area contributed by atoms with Crippen molar-refractivity contribution in [2.75, 3.05) is 13.2 Å². The zero-order chi connectivity index (χ0) is 13.4. The Morgan fingerprint density at radius 1 is 1.39 bits per heavy atom. The second-order valence-electron chi connectivity index (χ2n) is 3.57. The second kappa shape index (κ2) is 7.33. The Morgan fingerprint density at radius 3 is 2.83 bits per heavy atom. The number of aryl methyl sites for hydroxylation is 1. The number of amides is 1. The molecular formula is C9H15N5O4. The first-order chi connectivity index (χ1) is 8.63. The zero-order valence-corrected chi connectivity index (χ0v) is 9.74. The van der Waals surface area contributed by atoms with Gasteiger partial charge in [-0.1, -0.05) is 0 Å². The van der Waals surface area contributed by atoms with Crippen molar-refractivity contribution in [2.24, 2.45) is 0 Å². The maximum atomic E-state index is 11.5. The molecule has 1 aromatic rings. The first-order valence-electron chi connectivity index (χ1n) is 5.48. The molecule has 0 aliphatic heterocycles. The highest BCUT2D eigenvalue weighted by Crippen LogP contribution is 1.96. The van der Waals surface area contributed by atoms with E-state index in [2.05, 4.69) is 20.8 Å². The van der Waals surface area contributed by atoms with Crippen LogP contribution in [0.2, 0.25) is 0 Å². The minimum absolute atomic E-state index is 0.0158. The third kappa shape index (κ3) is 4.87. The second-order valence-corrected chi connectivity index (χ2v) is 3.57. The molecule has 18 heavy (non-hydrogen) atoms. The van der Waals surface area contributed by atoms with Crippen LogP contribution in [0.5, 0.6) is 0 Å². The van der Waals surface area contributed by atoms with E-state index in [0.717, 1.165) is 0 Å². The molecule has 9 nitrogen and oxygen atoms in total. The number of aliphatic hydroxyl groups is 1. The van der Waals surface area contributed by atoms with Gasteiger partial charge in [0.05, 0.1) is 12.8 Å². The van der Waals surface area contributed by atoms with E-state index in [0.29, 0.717) is 18.8 Å². The number of aliphatic carboxylic acids is 1. The smallest absolute Gasteiger partial charge is 0.305 e. The Hall–Kier alpha value is -2.03. The first-order valence-corrected chi connectivity index (χ1v) is 5.48. The lowest BCUT2D eigenvalue weighted by Gasteiger charge is -2.04. The predicted molar refractivity (Wildman–Crippen MR) is 58.5 cm³/mol. The molecule has 1 amide bonds. The highest BCUT2D eigenvalue weighted by molar-refractivity contribution is 5.78. The van der Waals surface area contributed by atoms with Crippen LogP contribution in [0.3, 0.4) is 0 Å². The van der Waals surface area contributed by atoms with Crippen molar-refractivity contribution in [1.82, 2.24) is 25.5 Å². The molecule has 0 saturated carbocycles. The van der Waals surface area contributed by atoms with E-state index >= 15 is 0 Å². The molecule has 0 aromatic carbocycles. The van der Waals surface area contributed by atoms with Gasteiger partial charge in [-0.3, -0.25) is 9.59 Å². The molecule has 1 rings (SSSR count). The van der Waals surface area contributed by atoms with E-state index in [1.54, 1.807) is 0 Å². The zero-order valence-electron chi connectivity index (χ0n) is 9.74. The largest absolute Gasteiger partial charge is 0.481 e. The lowest BCUT2D eigenvalue weighted by molar-refractivity contribution is -0.136.